The molecular weight excluding hydrogens is 412 g/mol. The summed E-state index contributed by atoms with van der Waals surface area (Å²) in [7, 11) is 0. The topological polar surface area (TPSA) is 101 Å². The highest BCUT2D eigenvalue weighted by Crippen LogP contribution is 2.41. The number of likely N-dealkylation sites (tertiary alicyclic amines) is 1. The van der Waals surface area contributed by atoms with Crippen LogP contribution < -0.4 is 11.3 Å². The van der Waals surface area contributed by atoms with Gasteiger partial charge in [-0.15, -0.1) is 0 Å². The number of hydrogen-bond acceptors (Lipinski definition) is 4. The third-order valence-corrected chi connectivity index (χ3v) is 6.01. The number of carbonyl (C=O) groups is 1. The van der Waals surface area contributed by atoms with Crippen molar-refractivity contribution in [3.8, 4) is 0 Å². The van der Waals surface area contributed by atoms with Gasteiger partial charge in [-0.05, 0) is 27.4 Å². The van der Waals surface area contributed by atoms with Crippen molar-refractivity contribution in [2.24, 2.45) is 5.41 Å². The Morgan fingerprint density at radius 2 is 2.12 bits per heavy atom. The maximum Gasteiger partial charge on any atom is 0.407 e. The maximum absolute atomic E-state index is 13.0. The van der Waals surface area contributed by atoms with Gasteiger partial charge >= 0.3 is 6.09 Å². The smallest absolute Gasteiger partial charge is 0.407 e. The van der Waals surface area contributed by atoms with Crippen molar-refractivity contribution in [2.75, 3.05) is 12.3 Å². The van der Waals surface area contributed by atoms with Crippen LogP contribution in [-0.2, 0) is 0 Å². The molecule has 2 aromatic rings. The van der Waals surface area contributed by atoms with Crippen molar-refractivity contribution >= 4 is 50.2 Å². The first-order valence-electron chi connectivity index (χ1n) is 7.68. The summed E-state index contributed by atoms with van der Waals surface area (Å²) in [6, 6.07) is 0.922. The third kappa shape index (κ3) is 2.77. The average Bonchev–Trinajstić information content (AvgIpc) is 2.45. The molecule has 2 unspecified atom stereocenters. The van der Waals surface area contributed by atoms with E-state index in [1.165, 1.54) is 21.9 Å². The van der Waals surface area contributed by atoms with E-state index >= 15 is 0 Å². The molecule has 1 saturated heterocycles. The molecule has 1 aromatic carbocycles. The highest BCUT2D eigenvalue weighted by molar-refractivity contribution is 9.10. The molecule has 0 saturated carbocycles. The van der Waals surface area contributed by atoms with Gasteiger partial charge in [0, 0.05) is 12.2 Å². The minimum atomic E-state index is -0.991. The average molecular weight is 430 g/mol. The molecule has 134 valence electrons. The van der Waals surface area contributed by atoms with Crippen molar-refractivity contribution < 1.29 is 9.90 Å². The summed E-state index contributed by atoms with van der Waals surface area (Å²) in [6.07, 6.45) is 0.441. The molecule has 2 atom stereocenters. The Morgan fingerprint density at radius 3 is 2.68 bits per heavy atom. The minimum absolute atomic E-state index is 0.240. The number of benzene rings is 1. The van der Waals surface area contributed by atoms with Gasteiger partial charge in [-0.25, -0.2) is 9.78 Å². The molecule has 9 heteroatoms. The van der Waals surface area contributed by atoms with Crippen LogP contribution in [0.15, 0.2) is 21.7 Å². The van der Waals surface area contributed by atoms with Gasteiger partial charge in [0.15, 0.2) is 0 Å². The Balaban J connectivity index is 2.14. The Morgan fingerprint density at radius 1 is 1.48 bits per heavy atom. The van der Waals surface area contributed by atoms with E-state index in [1.54, 1.807) is 0 Å². The molecule has 1 aliphatic heterocycles. The van der Waals surface area contributed by atoms with Gasteiger partial charge in [-0.1, -0.05) is 32.4 Å². The highest BCUT2D eigenvalue weighted by atomic mass is 79.9. The monoisotopic (exact) mass is 428 g/mol. The van der Waals surface area contributed by atoms with Crippen LogP contribution in [0.25, 0.3) is 10.9 Å². The zero-order valence-electron chi connectivity index (χ0n) is 14.0. The van der Waals surface area contributed by atoms with Crippen LogP contribution in [0, 0.1) is 5.41 Å². The fourth-order valence-corrected chi connectivity index (χ4v) is 4.00. The van der Waals surface area contributed by atoms with E-state index < -0.39 is 6.09 Å². The first-order chi connectivity index (χ1) is 11.5. The fourth-order valence-electron chi connectivity index (χ4n) is 3.44. The molecular formula is C16H18BrClN4O3. The first-order valence-corrected chi connectivity index (χ1v) is 8.85. The standard InChI is InChI=1S/C16H18BrClN4O3/c1-16(2,3)13-9(5-21(13)15(24)25)22-6-20-12-7(14(22)23)4-8(19)10(17)11(12)18/h4,6,9,13H,5,19H2,1-3H3,(H,24,25). The lowest BCUT2D eigenvalue weighted by atomic mass is 9.76. The number of amides is 1. The first kappa shape index (κ1) is 18.0. The Labute approximate surface area is 157 Å². The molecule has 25 heavy (non-hydrogen) atoms. The second kappa shape index (κ2) is 5.88. The van der Waals surface area contributed by atoms with Crippen LogP contribution in [0.5, 0.6) is 0 Å². The molecule has 0 bridgehead atoms. The predicted molar refractivity (Wildman–Crippen MR) is 100 cm³/mol. The molecule has 1 aliphatic rings. The summed E-state index contributed by atoms with van der Waals surface area (Å²) in [6.45, 7) is 6.09. The molecule has 3 N–H and O–H groups in total. The SMILES string of the molecule is CC(C)(C)C1C(n2cnc3c(Cl)c(Br)c(N)cc3c2=O)CN1C(=O)O. The van der Waals surface area contributed by atoms with Crippen molar-refractivity contribution in [2.45, 2.75) is 32.9 Å². The molecule has 3 rings (SSSR count). The lowest BCUT2D eigenvalue weighted by molar-refractivity contribution is -0.0289. The van der Waals surface area contributed by atoms with Crippen LogP contribution >= 0.6 is 27.5 Å². The number of rotatable bonds is 1. The molecule has 0 aliphatic carbocycles. The number of anilines is 1. The van der Waals surface area contributed by atoms with Gasteiger partial charge in [-0.2, -0.15) is 0 Å². The quantitative estimate of drug-likeness (QED) is 0.677. The van der Waals surface area contributed by atoms with E-state index in [0.717, 1.165) is 0 Å². The second-order valence-corrected chi connectivity index (χ2v) is 8.43. The van der Waals surface area contributed by atoms with Crippen LogP contribution in [-0.4, -0.2) is 38.2 Å². The summed E-state index contributed by atoms with van der Waals surface area (Å²) >= 11 is 9.50. The summed E-state index contributed by atoms with van der Waals surface area (Å²) < 4.78 is 1.99. The number of aromatic nitrogens is 2. The number of fused-ring (bicyclic) bond motifs is 1. The van der Waals surface area contributed by atoms with Gasteiger partial charge in [-0.3, -0.25) is 9.36 Å². The molecule has 0 radical (unpaired) electrons. The lowest BCUT2D eigenvalue weighted by Gasteiger charge is -2.52. The van der Waals surface area contributed by atoms with Crippen molar-refractivity contribution in [3.05, 3.63) is 32.2 Å². The molecule has 0 spiro atoms. The van der Waals surface area contributed by atoms with E-state index in [1.807, 2.05) is 20.8 Å². The summed E-state index contributed by atoms with van der Waals surface area (Å²) in [5.41, 5.74) is 6.00. The van der Waals surface area contributed by atoms with Crippen LogP contribution in [0.3, 0.4) is 0 Å². The van der Waals surface area contributed by atoms with Crippen LogP contribution in [0.4, 0.5) is 10.5 Å². The van der Waals surface area contributed by atoms with Crippen molar-refractivity contribution in [1.82, 2.24) is 14.5 Å². The second-order valence-electron chi connectivity index (χ2n) is 7.26. The van der Waals surface area contributed by atoms with E-state index in [9.17, 15) is 14.7 Å². The third-order valence-electron chi connectivity index (χ3n) is 4.56. The number of nitrogens with zero attached hydrogens (tertiary/aromatic N) is 3. The van der Waals surface area contributed by atoms with Crippen LogP contribution in [0.1, 0.15) is 26.8 Å². The predicted octanol–water partition coefficient (Wildman–Crippen LogP) is 3.34. The lowest BCUT2D eigenvalue weighted by Crippen LogP contribution is -2.64. The molecule has 1 aromatic heterocycles. The van der Waals surface area contributed by atoms with Crippen molar-refractivity contribution in [1.29, 1.82) is 0 Å². The molecule has 1 fully saturated rings. The number of nitrogen functional groups attached to an aromatic ring is 1. The highest BCUT2D eigenvalue weighted by Gasteiger charge is 2.49. The largest absolute Gasteiger partial charge is 0.465 e. The summed E-state index contributed by atoms with van der Waals surface area (Å²) in [5.74, 6) is 0. The van der Waals surface area contributed by atoms with E-state index in [2.05, 4.69) is 20.9 Å². The fraction of sp³-hybridized carbons (Fsp3) is 0.438. The number of halogens is 2. The van der Waals surface area contributed by atoms with Gasteiger partial charge in [0.25, 0.3) is 5.56 Å². The Kier molecular flexibility index (Phi) is 4.23. The molecule has 1 amide bonds. The maximum atomic E-state index is 13.0. The number of carboxylic acid groups (broad SMARTS) is 1. The number of nitrogens with two attached hydrogens (primary N) is 1. The zero-order chi connectivity index (χ0) is 18.7. The Hall–Kier alpha value is -1.80. The van der Waals surface area contributed by atoms with Gasteiger partial charge in [0.2, 0.25) is 0 Å². The zero-order valence-corrected chi connectivity index (χ0v) is 16.3. The Bertz CT molecular complexity index is 938. The van der Waals surface area contributed by atoms with Gasteiger partial charge < -0.3 is 15.7 Å². The van der Waals surface area contributed by atoms with E-state index in [-0.39, 0.29) is 34.6 Å². The summed E-state index contributed by atoms with van der Waals surface area (Å²) in [5, 5.41) is 9.96. The van der Waals surface area contributed by atoms with Gasteiger partial charge in [0.05, 0.1) is 38.8 Å². The van der Waals surface area contributed by atoms with E-state index in [4.69, 9.17) is 17.3 Å². The van der Waals surface area contributed by atoms with Crippen LogP contribution in [0.2, 0.25) is 5.02 Å². The molecule has 2 heterocycles. The summed E-state index contributed by atoms with van der Waals surface area (Å²) in [4.78, 5) is 30.0. The minimum Gasteiger partial charge on any atom is -0.465 e. The molecule has 7 nitrogen and oxygen atoms in total. The number of hydrogen-bond donors (Lipinski definition) is 2. The van der Waals surface area contributed by atoms with E-state index in [0.29, 0.717) is 21.1 Å². The van der Waals surface area contributed by atoms with Crippen molar-refractivity contribution in [3.63, 3.8) is 0 Å². The normalized spacial score (nSPS) is 20.6. The van der Waals surface area contributed by atoms with Gasteiger partial charge in [0.1, 0.15) is 0 Å².